The van der Waals surface area contributed by atoms with E-state index >= 15 is 0 Å². The van der Waals surface area contributed by atoms with E-state index in [1.165, 1.54) is 0 Å². The predicted molar refractivity (Wildman–Crippen MR) is 133 cm³/mol. The smallest absolute Gasteiger partial charge is 0.255 e. The van der Waals surface area contributed by atoms with Crippen LogP contribution in [-0.2, 0) is 0 Å². The van der Waals surface area contributed by atoms with Crippen LogP contribution in [-0.4, -0.2) is 52.3 Å². The molecule has 5 rings (SSSR count). The van der Waals surface area contributed by atoms with Crippen LogP contribution in [0.25, 0.3) is 16.6 Å². The average molecular weight is 454 g/mol. The first-order valence-electron chi connectivity index (χ1n) is 11.6. The SMILES string of the molecule is N#Cc1ccc2[nH]cc(C(O)CCN3CCN(c4ccc(-n5ccccc5=O)cc4)CC3)c2c1. The number of hydrogen-bond acceptors (Lipinski definition) is 5. The number of nitrogens with zero attached hydrogens (tertiary/aromatic N) is 4. The Hall–Kier alpha value is -3.86. The van der Waals surface area contributed by atoms with Crippen molar-refractivity contribution in [2.24, 2.45) is 0 Å². The van der Waals surface area contributed by atoms with Gasteiger partial charge in [-0.25, -0.2) is 0 Å². The van der Waals surface area contributed by atoms with Crippen molar-refractivity contribution in [1.29, 1.82) is 5.26 Å². The molecule has 1 unspecified atom stereocenters. The zero-order valence-corrected chi connectivity index (χ0v) is 18.9. The second kappa shape index (κ2) is 9.56. The predicted octanol–water partition coefficient (Wildman–Crippen LogP) is 3.44. The second-order valence-electron chi connectivity index (χ2n) is 8.67. The van der Waals surface area contributed by atoms with Gasteiger partial charge in [0.25, 0.3) is 5.56 Å². The number of piperazine rings is 1. The first-order valence-corrected chi connectivity index (χ1v) is 11.6. The van der Waals surface area contributed by atoms with Gasteiger partial charge in [0.15, 0.2) is 0 Å². The maximum Gasteiger partial charge on any atom is 0.255 e. The van der Waals surface area contributed by atoms with Crippen molar-refractivity contribution in [2.75, 3.05) is 37.6 Å². The third kappa shape index (κ3) is 4.46. The molecule has 2 N–H and O–H groups in total. The summed E-state index contributed by atoms with van der Waals surface area (Å²) in [7, 11) is 0. The molecular weight excluding hydrogens is 426 g/mol. The quantitative estimate of drug-likeness (QED) is 0.467. The Labute approximate surface area is 198 Å². The fraction of sp³-hybridized carbons (Fsp3) is 0.259. The maximum absolute atomic E-state index is 12.0. The highest BCUT2D eigenvalue weighted by molar-refractivity contribution is 5.84. The van der Waals surface area contributed by atoms with E-state index in [1.807, 2.05) is 36.5 Å². The monoisotopic (exact) mass is 453 g/mol. The van der Waals surface area contributed by atoms with E-state index in [-0.39, 0.29) is 5.56 Å². The molecule has 0 bridgehead atoms. The molecule has 0 amide bonds. The largest absolute Gasteiger partial charge is 0.388 e. The highest BCUT2D eigenvalue weighted by Gasteiger charge is 2.20. The van der Waals surface area contributed by atoms with E-state index < -0.39 is 6.10 Å². The number of rotatable bonds is 6. The number of aliphatic hydroxyl groups is 1. The number of aliphatic hydroxyl groups excluding tert-OH is 1. The number of nitrogens with one attached hydrogen (secondary N) is 1. The molecule has 0 spiro atoms. The number of aromatic nitrogens is 2. The Bertz CT molecular complexity index is 1370. The van der Waals surface area contributed by atoms with Gasteiger partial charge in [-0.1, -0.05) is 6.07 Å². The molecule has 0 radical (unpaired) electrons. The Morgan fingerprint density at radius 2 is 1.76 bits per heavy atom. The second-order valence-corrected chi connectivity index (χ2v) is 8.67. The highest BCUT2D eigenvalue weighted by Crippen LogP contribution is 2.27. The molecule has 34 heavy (non-hydrogen) atoms. The number of H-pyrrole nitrogens is 1. The van der Waals surface area contributed by atoms with Crippen LogP contribution >= 0.6 is 0 Å². The molecule has 7 nitrogen and oxygen atoms in total. The van der Waals surface area contributed by atoms with Gasteiger partial charge in [-0.05, 0) is 55.0 Å². The highest BCUT2D eigenvalue weighted by atomic mass is 16.3. The summed E-state index contributed by atoms with van der Waals surface area (Å²) in [5, 5.41) is 20.9. The molecule has 1 atom stereocenters. The minimum Gasteiger partial charge on any atom is -0.388 e. The van der Waals surface area contributed by atoms with Crippen LogP contribution in [0.3, 0.4) is 0 Å². The minimum atomic E-state index is -0.574. The van der Waals surface area contributed by atoms with Crippen LogP contribution in [0.5, 0.6) is 0 Å². The number of fused-ring (bicyclic) bond motifs is 1. The van der Waals surface area contributed by atoms with Gasteiger partial charge < -0.3 is 15.0 Å². The molecule has 1 aliphatic heterocycles. The minimum absolute atomic E-state index is 0.0378. The van der Waals surface area contributed by atoms with Crippen molar-refractivity contribution < 1.29 is 5.11 Å². The van der Waals surface area contributed by atoms with E-state index in [2.05, 4.69) is 33.0 Å². The summed E-state index contributed by atoms with van der Waals surface area (Å²) in [6, 6.07) is 20.9. The Balaban J connectivity index is 1.16. The van der Waals surface area contributed by atoms with Gasteiger partial charge in [-0.15, -0.1) is 0 Å². The Morgan fingerprint density at radius 3 is 2.50 bits per heavy atom. The van der Waals surface area contributed by atoms with E-state index in [0.717, 1.165) is 60.6 Å². The summed E-state index contributed by atoms with van der Waals surface area (Å²) in [5.41, 5.74) is 4.36. The zero-order valence-electron chi connectivity index (χ0n) is 18.9. The van der Waals surface area contributed by atoms with Crippen LogP contribution < -0.4 is 10.5 Å². The van der Waals surface area contributed by atoms with Crippen molar-refractivity contribution in [3.8, 4) is 11.8 Å². The van der Waals surface area contributed by atoms with E-state index in [9.17, 15) is 15.2 Å². The average Bonchev–Trinajstić information content (AvgIpc) is 3.31. The van der Waals surface area contributed by atoms with Gasteiger partial charge in [-0.3, -0.25) is 14.3 Å². The molecule has 0 saturated carbocycles. The van der Waals surface area contributed by atoms with E-state index in [0.29, 0.717) is 12.0 Å². The summed E-state index contributed by atoms with van der Waals surface area (Å²) < 4.78 is 1.64. The van der Waals surface area contributed by atoms with Gasteiger partial charge in [0.1, 0.15) is 0 Å². The molecule has 7 heteroatoms. The first kappa shape index (κ1) is 22.0. The number of hydrogen-bond donors (Lipinski definition) is 2. The van der Waals surface area contributed by atoms with Crippen LogP contribution in [0.4, 0.5) is 5.69 Å². The number of anilines is 1. The lowest BCUT2D eigenvalue weighted by Gasteiger charge is -2.36. The topological polar surface area (TPSA) is 88.3 Å². The van der Waals surface area contributed by atoms with Crippen LogP contribution in [0.1, 0.15) is 23.7 Å². The van der Waals surface area contributed by atoms with Crippen LogP contribution in [0.2, 0.25) is 0 Å². The van der Waals surface area contributed by atoms with Crippen molar-refractivity contribution in [3.05, 3.63) is 94.5 Å². The van der Waals surface area contributed by atoms with Crippen LogP contribution in [0, 0.1) is 11.3 Å². The van der Waals surface area contributed by atoms with Crippen LogP contribution in [0.15, 0.2) is 77.9 Å². The molecule has 1 aliphatic rings. The summed E-state index contributed by atoms with van der Waals surface area (Å²) in [5.74, 6) is 0. The number of aromatic amines is 1. The van der Waals surface area contributed by atoms with Crippen molar-refractivity contribution in [1.82, 2.24) is 14.5 Å². The number of benzene rings is 2. The zero-order chi connectivity index (χ0) is 23.5. The summed E-state index contributed by atoms with van der Waals surface area (Å²) >= 11 is 0. The summed E-state index contributed by atoms with van der Waals surface area (Å²) in [6.07, 6.45) is 3.70. The fourth-order valence-electron chi connectivity index (χ4n) is 4.64. The lowest BCUT2D eigenvalue weighted by atomic mass is 10.0. The standard InChI is InChI=1S/C27H27N5O2/c28-18-20-4-9-25-23(17-20)24(19-29-25)26(33)10-12-30-13-15-31(16-14-30)21-5-7-22(8-6-21)32-11-2-1-3-27(32)34/h1-9,11,17,19,26,29,33H,10,12-16H2. The number of pyridine rings is 1. The normalized spacial score (nSPS) is 15.4. The van der Waals surface area contributed by atoms with Gasteiger partial charge >= 0.3 is 0 Å². The van der Waals surface area contributed by atoms with Gasteiger partial charge in [0.2, 0.25) is 0 Å². The lowest BCUT2D eigenvalue weighted by Crippen LogP contribution is -2.46. The first-order chi connectivity index (χ1) is 16.6. The fourth-order valence-corrected chi connectivity index (χ4v) is 4.64. The summed E-state index contributed by atoms with van der Waals surface area (Å²) in [6.45, 7) is 4.51. The number of nitriles is 1. The maximum atomic E-state index is 12.0. The molecule has 0 aliphatic carbocycles. The molecule has 2 aromatic heterocycles. The molecule has 1 saturated heterocycles. The Kier molecular flexibility index (Phi) is 6.17. The molecule has 3 heterocycles. The van der Waals surface area contributed by atoms with Crippen molar-refractivity contribution in [2.45, 2.75) is 12.5 Å². The van der Waals surface area contributed by atoms with Crippen molar-refractivity contribution >= 4 is 16.6 Å². The van der Waals surface area contributed by atoms with Gasteiger partial charge in [0, 0.05) is 79.0 Å². The lowest BCUT2D eigenvalue weighted by molar-refractivity contribution is 0.140. The van der Waals surface area contributed by atoms with E-state index in [1.54, 1.807) is 29.0 Å². The van der Waals surface area contributed by atoms with Gasteiger partial charge in [0.05, 0.1) is 17.7 Å². The summed E-state index contributed by atoms with van der Waals surface area (Å²) in [4.78, 5) is 20.0. The molecule has 4 aromatic rings. The molecule has 1 fully saturated rings. The third-order valence-electron chi connectivity index (χ3n) is 6.61. The third-order valence-corrected chi connectivity index (χ3v) is 6.61. The molecule has 172 valence electrons. The molecule has 2 aromatic carbocycles. The Morgan fingerprint density at radius 1 is 1.00 bits per heavy atom. The van der Waals surface area contributed by atoms with Gasteiger partial charge in [-0.2, -0.15) is 5.26 Å². The van der Waals surface area contributed by atoms with Crippen molar-refractivity contribution in [3.63, 3.8) is 0 Å². The van der Waals surface area contributed by atoms with E-state index in [4.69, 9.17) is 0 Å². The molecular formula is C27H27N5O2.